The molecular formula is C19H28ClN5O2. The zero-order valence-corrected chi connectivity index (χ0v) is 16.9. The summed E-state index contributed by atoms with van der Waals surface area (Å²) < 4.78 is 7.57. The molecule has 0 radical (unpaired) electrons. The van der Waals surface area contributed by atoms with E-state index in [1.165, 1.54) is 0 Å². The Hall–Kier alpha value is -2.12. The van der Waals surface area contributed by atoms with Crippen molar-refractivity contribution in [3.63, 3.8) is 0 Å². The average molecular weight is 394 g/mol. The monoisotopic (exact) mass is 393 g/mol. The van der Waals surface area contributed by atoms with Crippen LogP contribution in [-0.4, -0.2) is 40.6 Å². The van der Waals surface area contributed by atoms with Crippen LogP contribution in [0.15, 0.2) is 18.2 Å². The van der Waals surface area contributed by atoms with Gasteiger partial charge in [0, 0.05) is 12.1 Å². The Morgan fingerprint density at radius 1 is 1.33 bits per heavy atom. The number of nitrogens with one attached hydrogen (secondary N) is 2. The summed E-state index contributed by atoms with van der Waals surface area (Å²) >= 11 is 0. The molecule has 0 saturated carbocycles. The van der Waals surface area contributed by atoms with Gasteiger partial charge in [-0.25, -0.2) is 4.68 Å². The van der Waals surface area contributed by atoms with Gasteiger partial charge < -0.3 is 15.4 Å². The third kappa shape index (κ3) is 4.99. The van der Waals surface area contributed by atoms with E-state index < -0.39 is 0 Å². The predicted molar refractivity (Wildman–Crippen MR) is 107 cm³/mol. The lowest BCUT2D eigenvalue weighted by molar-refractivity contribution is 0.0945. The summed E-state index contributed by atoms with van der Waals surface area (Å²) in [6.45, 7) is 8.81. The minimum Gasteiger partial charge on any atom is -0.494 e. The predicted octanol–water partition coefficient (Wildman–Crippen LogP) is 2.57. The number of aromatic nitrogens is 3. The number of ether oxygens (including phenoxy) is 1. The van der Waals surface area contributed by atoms with Gasteiger partial charge in [-0.15, -0.1) is 17.5 Å². The van der Waals surface area contributed by atoms with E-state index in [0.717, 1.165) is 48.5 Å². The molecule has 1 fully saturated rings. The van der Waals surface area contributed by atoms with Crippen molar-refractivity contribution in [3.8, 4) is 5.75 Å². The second-order valence-corrected chi connectivity index (χ2v) is 6.68. The number of benzene rings is 1. The van der Waals surface area contributed by atoms with Crippen molar-refractivity contribution in [2.75, 3.05) is 19.7 Å². The van der Waals surface area contributed by atoms with E-state index in [2.05, 4.69) is 20.9 Å². The number of halogens is 1. The Labute approximate surface area is 166 Å². The minimum atomic E-state index is -0.203. The van der Waals surface area contributed by atoms with Crippen molar-refractivity contribution in [3.05, 3.63) is 40.7 Å². The maximum absolute atomic E-state index is 12.6. The molecular weight excluding hydrogens is 366 g/mol. The quantitative estimate of drug-likeness (QED) is 0.788. The SMILES string of the molecule is CCOc1cc(C)ccc1CNC(=O)c1nnn(C2CCNCC2)c1C.Cl. The van der Waals surface area contributed by atoms with Gasteiger partial charge in [-0.1, -0.05) is 17.3 Å². The molecule has 8 heteroatoms. The molecule has 2 heterocycles. The largest absolute Gasteiger partial charge is 0.494 e. The second kappa shape index (κ2) is 9.71. The Bertz CT molecular complexity index is 771. The molecule has 1 aliphatic rings. The van der Waals surface area contributed by atoms with Crippen molar-refractivity contribution < 1.29 is 9.53 Å². The number of piperidine rings is 1. The number of aryl methyl sites for hydroxylation is 1. The van der Waals surface area contributed by atoms with Gasteiger partial charge >= 0.3 is 0 Å². The molecule has 0 spiro atoms. The maximum atomic E-state index is 12.6. The van der Waals surface area contributed by atoms with Crippen LogP contribution in [0.3, 0.4) is 0 Å². The molecule has 0 aliphatic carbocycles. The summed E-state index contributed by atoms with van der Waals surface area (Å²) in [4.78, 5) is 12.6. The highest BCUT2D eigenvalue weighted by molar-refractivity contribution is 5.93. The van der Waals surface area contributed by atoms with E-state index in [-0.39, 0.29) is 18.3 Å². The highest BCUT2D eigenvalue weighted by Crippen LogP contribution is 2.22. The lowest BCUT2D eigenvalue weighted by atomic mass is 10.1. The van der Waals surface area contributed by atoms with Crippen molar-refractivity contribution in [2.45, 2.75) is 46.2 Å². The molecule has 1 saturated heterocycles. The van der Waals surface area contributed by atoms with Crippen molar-refractivity contribution in [1.82, 2.24) is 25.6 Å². The van der Waals surface area contributed by atoms with Crippen molar-refractivity contribution >= 4 is 18.3 Å². The fraction of sp³-hybridized carbons (Fsp3) is 0.526. The van der Waals surface area contributed by atoms with Gasteiger partial charge in [0.15, 0.2) is 5.69 Å². The number of amides is 1. The Balaban J connectivity index is 0.00000261. The summed E-state index contributed by atoms with van der Waals surface area (Å²) in [6.07, 6.45) is 2.01. The molecule has 1 aliphatic heterocycles. The zero-order valence-electron chi connectivity index (χ0n) is 16.1. The van der Waals surface area contributed by atoms with Crippen LogP contribution in [0.5, 0.6) is 5.75 Å². The molecule has 3 rings (SSSR count). The van der Waals surface area contributed by atoms with Gasteiger partial charge in [0.25, 0.3) is 5.91 Å². The molecule has 2 aromatic rings. The highest BCUT2D eigenvalue weighted by atomic mass is 35.5. The van der Waals surface area contributed by atoms with Crippen LogP contribution in [0.1, 0.15) is 53.1 Å². The van der Waals surface area contributed by atoms with E-state index in [1.54, 1.807) is 0 Å². The van der Waals surface area contributed by atoms with E-state index in [0.29, 0.717) is 24.9 Å². The molecule has 0 bridgehead atoms. The minimum absolute atomic E-state index is 0. The Kier molecular flexibility index (Phi) is 7.62. The fourth-order valence-corrected chi connectivity index (χ4v) is 3.31. The van der Waals surface area contributed by atoms with E-state index >= 15 is 0 Å². The summed E-state index contributed by atoms with van der Waals surface area (Å²) in [5.74, 6) is 0.605. The first-order valence-corrected chi connectivity index (χ1v) is 9.23. The van der Waals surface area contributed by atoms with Gasteiger partial charge in [0.1, 0.15) is 5.75 Å². The summed E-state index contributed by atoms with van der Waals surface area (Å²) in [6, 6.07) is 6.30. The first kappa shape index (κ1) is 21.2. The number of nitrogens with zero attached hydrogens (tertiary/aromatic N) is 3. The first-order valence-electron chi connectivity index (χ1n) is 9.23. The molecule has 0 atom stereocenters. The van der Waals surface area contributed by atoms with Gasteiger partial charge in [0.05, 0.1) is 18.3 Å². The Morgan fingerprint density at radius 3 is 2.78 bits per heavy atom. The second-order valence-electron chi connectivity index (χ2n) is 6.68. The van der Waals surface area contributed by atoms with Gasteiger partial charge in [-0.05, 0) is 58.3 Å². The van der Waals surface area contributed by atoms with Gasteiger partial charge in [-0.3, -0.25) is 4.79 Å². The summed E-state index contributed by atoms with van der Waals surface area (Å²) in [5, 5.41) is 14.6. The highest BCUT2D eigenvalue weighted by Gasteiger charge is 2.22. The number of hydrogen-bond acceptors (Lipinski definition) is 5. The first-order chi connectivity index (χ1) is 12.6. The smallest absolute Gasteiger partial charge is 0.274 e. The standard InChI is InChI=1S/C19H27N5O2.ClH/c1-4-26-17-11-13(2)5-6-15(17)12-21-19(25)18-14(3)24(23-22-18)16-7-9-20-10-8-16;/h5-6,11,16,20H,4,7-10,12H2,1-3H3,(H,21,25);1H. The van der Waals surface area contributed by atoms with Gasteiger partial charge in [-0.2, -0.15) is 0 Å². The lowest BCUT2D eigenvalue weighted by Crippen LogP contribution is -2.30. The molecule has 0 unspecified atom stereocenters. The van der Waals surface area contributed by atoms with E-state index in [4.69, 9.17) is 4.74 Å². The molecule has 27 heavy (non-hydrogen) atoms. The van der Waals surface area contributed by atoms with Crippen LogP contribution < -0.4 is 15.4 Å². The fourth-order valence-electron chi connectivity index (χ4n) is 3.31. The number of rotatable bonds is 6. The topological polar surface area (TPSA) is 81.1 Å². The van der Waals surface area contributed by atoms with Crippen LogP contribution in [0.2, 0.25) is 0 Å². The molecule has 1 aromatic carbocycles. The summed E-state index contributed by atoms with van der Waals surface area (Å²) in [5.41, 5.74) is 3.30. The third-order valence-electron chi connectivity index (χ3n) is 4.76. The molecule has 7 nitrogen and oxygen atoms in total. The molecule has 1 amide bonds. The molecule has 2 N–H and O–H groups in total. The van der Waals surface area contributed by atoms with Crippen LogP contribution in [-0.2, 0) is 6.54 Å². The summed E-state index contributed by atoms with van der Waals surface area (Å²) in [7, 11) is 0. The number of hydrogen-bond donors (Lipinski definition) is 2. The van der Waals surface area contributed by atoms with Crippen LogP contribution in [0, 0.1) is 13.8 Å². The van der Waals surface area contributed by atoms with Crippen LogP contribution >= 0.6 is 12.4 Å². The normalized spacial score (nSPS) is 14.5. The zero-order chi connectivity index (χ0) is 18.5. The van der Waals surface area contributed by atoms with Gasteiger partial charge in [0.2, 0.25) is 0 Å². The van der Waals surface area contributed by atoms with E-state index in [9.17, 15) is 4.79 Å². The van der Waals surface area contributed by atoms with Crippen molar-refractivity contribution in [1.29, 1.82) is 0 Å². The molecule has 148 valence electrons. The third-order valence-corrected chi connectivity index (χ3v) is 4.76. The number of carbonyl (C=O) groups is 1. The van der Waals surface area contributed by atoms with Crippen LogP contribution in [0.25, 0.3) is 0 Å². The Morgan fingerprint density at radius 2 is 2.07 bits per heavy atom. The average Bonchev–Trinajstić information content (AvgIpc) is 3.03. The van der Waals surface area contributed by atoms with E-state index in [1.807, 2.05) is 43.7 Å². The van der Waals surface area contributed by atoms with Crippen LogP contribution in [0.4, 0.5) is 0 Å². The number of carbonyl (C=O) groups excluding carboxylic acids is 1. The molecule has 1 aromatic heterocycles. The maximum Gasteiger partial charge on any atom is 0.274 e. The lowest BCUT2D eigenvalue weighted by Gasteiger charge is -2.23. The van der Waals surface area contributed by atoms with Crippen molar-refractivity contribution in [2.24, 2.45) is 0 Å².